The van der Waals surface area contributed by atoms with Gasteiger partial charge in [-0.2, -0.15) is 0 Å². The second-order valence-electron chi connectivity index (χ2n) is 8.88. The summed E-state index contributed by atoms with van der Waals surface area (Å²) < 4.78 is 10.7. The number of fused-ring (bicyclic) bond motifs is 9. The van der Waals surface area contributed by atoms with Crippen molar-refractivity contribution < 1.29 is 24.5 Å². The van der Waals surface area contributed by atoms with E-state index in [9.17, 15) is 0 Å². The molecular weight excluding hydrogens is 643 g/mol. The molecule has 4 nitrogen and oxygen atoms in total. The first kappa shape index (κ1) is 21.6. The summed E-state index contributed by atoms with van der Waals surface area (Å²) in [5, 5.41) is 6.81. The molecule has 0 unspecified atom stereocenters. The Bertz CT molecular complexity index is 2020. The summed E-state index contributed by atoms with van der Waals surface area (Å²) in [5.74, 6) is 0.834. The molecule has 1 radical (unpaired) electrons. The van der Waals surface area contributed by atoms with E-state index in [1.165, 1.54) is 26.8 Å². The third-order valence-electron chi connectivity index (χ3n) is 6.90. The van der Waals surface area contributed by atoms with E-state index >= 15 is 0 Å². The molecule has 5 aromatic heterocycles. The molecule has 175 valence electrons. The summed E-state index contributed by atoms with van der Waals surface area (Å²) in [5.41, 5.74) is 5.43. The maximum absolute atomic E-state index is 6.09. The molecule has 36 heavy (non-hydrogen) atoms. The monoisotopic (exact) mass is 661 g/mol. The Labute approximate surface area is 223 Å². The van der Waals surface area contributed by atoms with E-state index < -0.39 is 0 Å². The standard InChI is InChI=1S/C30H18N3OS.Ir/c1-18-16-31-29-23-17-34-28(19-9-3-2-4-10-19)27(23)22-15-26(35-30(22)32(18)29)33-24-13-7-5-11-20(24)21-12-6-8-14-25(21)33;/h2-16H,1H3;/q-1;. The first-order valence-electron chi connectivity index (χ1n) is 11.6. The van der Waals surface area contributed by atoms with E-state index in [4.69, 9.17) is 9.40 Å². The second-order valence-corrected chi connectivity index (χ2v) is 9.89. The van der Waals surface area contributed by atoms with Crippen LogP contribution in [0.1, 0.15) is 5.69 Å². The molecule has 0 N–H and O–H groups in total. The number of furan rings is 1. The van der Waals surface area contributed by atoms with Gasteiger partial charge in [0.25, 0.3) is 0 Å². The summed E-state index contributed by atoms with van der Waals surface area (Å²) in [6.07, 6.45) is 5.11. The first-order valence-corrected chi connectivity index (χ1v) is 12.4. The van der Waals surface area contributed by atoms with Gasteiger partial charge < -0.3 is 13.4 Å². The summed E-state index contributed by atoms with van der Waals surface area (Å²) in [6, 6.07) is 29.8. The van der Waals surface area contributed by atoms with Crippen LogP contribution in [0, 0.1) is 13.2 Å². The topological polar surface area (TPSA) is 35.4 Å². The van der Waals surface area contributed by atoms with Gasteiger partial charge in [0, 0.05) is 54.8 Å². The van der Waals surface area contributed by atoms with Crippen molar-refractivity contribution in [1.82, 2.24) is 14.0 Å². The number of aromatic nitrogens is 3. The van der Waals surface area contributed by atoms with Crippen molar-refractivity contribution >= 4 is 59.8 Å². The molecule has 0 fully saturated rings. The van der Waals surface area contributed by atoms with Crippen LogP contribution < -0.4 is 0 Å². The fraction of sp³-hybridized carbons (Fsp3) is 0.0333. The van der Waals surface area contributed by atoms with Crippen molar-refractivity contribution in [2.45, 2.75) is 6.92 Å². The zero-order valence-corrected chi connectivity index (χ0v) is 22.4. The van der Waals surface area contributed by atoms with E-state index in [-0.39, 0.29) is 20.1 Å². The summed E-state index contributed by atoms with van der Waals surface area (Å²) >= 11 is 1.79. The Kier molecular flexibility index (Phi) is 4.74. The van der Waals surface area contributed by atoms with E-state index in [0.717, 1.165) is 43.7 Å². The Balaban J connectivity index is 0.00000220. The molecule has 0 atom stereocenters. The van der Waals surface area contributed by atoms with Crippen LogP contribution in [-0.2, 0) is 20.1 Å². The molecule has 0 saturated carbocycles. The van der Waals surface area contributed by atoms with Gasteiger partial charge in [0.15, 0.2) is 0 Å². The smallest absolute Gasteiger partial charge is 0.102 e. The fourth-order valence-corrected chi connectivity index (χ4v) is 6.63. The Morgan fingerprint density at radius 1 is 0.833 bits per heavy atom. The number of pyridine rings is 1. The van der Waals surface area contributed by atoms with Crippen LogP contribution in [0.3, 0.4) is 0 Å². The van der Waals surface area contributed by atoms with Crippen molar-refractivity contribution in [3.8, 4) is 16.3 Å². The summed E-state index contributed by atoms with van der Waals surface area (Å²) in [4.78, 5) is 5.91. The molecule has 0 saturated heterocycles. The van der Waals surface area contributed by atoms with Gasteiger partial charge in [0.05, 0.1) is 21.5 Å². The predicted molar refractivity (Wildman–Crippen MR) is 144 cm³/mol. The van der Waals surface area contributed by atoms with Crippen LogP contribution in [0.2, 0.25) is 0 Å². The molecule has 5 heterocycles. The van der Waals surface area contributed by atoms with Crippen molar-refractivity contribution in [3.63, 3.8) is 0 Å². The van der Waals surface area contributed by atoms with E-state index in [2.05, 4.69) is 88.9 Å². The second kappa shape index (κ2) is 7.90. The van der Waals surface area contributed by atoms with Crippen LogP contribution >= 0.6 is 11.3 Å². The minimum absolute atomic E-state index is 0. The first-order chi connectivity index (χ1) is 17.3. The van der Waals surface area contributed by atoms with E-state index in [1.54, 1.807) is 11.3 Å². The number of benzene rings is 3. The van der Waals surface area contributed by atoms with Crippen molar-refractivity contribution in [2.24, 2.45) is 0 Å². The molecule has 0 aliphatic heterocycles. The number of hydrogen-bond acceptors (Lipinski definition) is 3. The number of nitrogens with zero attached hydrogens (tertiary/aromatic N) is 3. The van der Waals surface area contributed by atoms with Gasteiger partial charge in [-0.1, -0.05) is 77.5 Å². The molecule has 0 aliphatic carbocycles. The number of rotatable bonds is 2. The van der Waals surface area contributed by atoms with Crippen molar-refractivity contribution in [1.29, 1.82) is 0 Å². The number of imidazole rings is 1. The zero-order valence-electron chi connectivity index (χ0n) is 19.2. The number of para-hydroxylation sites is 2. The molecule has 0 spiro atoms. The SMILES string of the molecule is Cc1cnc2c3[c-]oc(-c4ccccc4)c3c3cc(-n4c5ccccc5c5ccccc54)sc3n12.[Ir]. The van der Waals surface area contributed by atoms with Gasteiger partial charge in [-0.05, 0) is 36.1 Å². The molecule has 3 aromatic carbocycles. The average molecular weight is 661 g/mol. The molecule has 6 heteroatoms. The third-order valence-corrected chi connectivity index (χ3v) is 8.01. The van der Waals surface area contributed by atoms with Crippen LogP contribution in [0.15, 0.2) is 95.5 Å². The Morgan fingerprint density at radius 3 is 2.22 bits per heavy atom. The fourth-order valence-electron chi connectivity index (χ4n) is 5.38. The van der Waals surface area contributed by atoms with Crippen LogP contribution in [0.4, 0.5) is 0 Å². The third kappa shape index (κ3) is 2.80. The quantitative estimate of drug-likeness (QED) is 0.176. The Morgan fingerprint density at radius 2 is 1.50 bits per heavy atom. The summed E-state index contributed by atoms with van der Waals surface area (Å²) in [6.45, 7) is 2.10. The molecule has 0 aliphatic rings. The van der Waals surface area contributed by atoms with Crippen LogP contribution in [-0.4, -0.2) is 14.0 Å². The molecule has 0 amide bonds. The van der Waals surface area contributed by atoms with E-state index in [0.29, 0.717) is 0 Å². The Hall–Kier alpha value is -3.70. The van der Waals surface area contributed by atoms with Crippen LogP contribution in [0.25, 0.3) is 64.8 Å². The largest absolute Gasteiger partial charge is 0.557 e. The van der Waals surface area contributed by atoms with E-state index in [1.807, 2.05) is 24.4 Å². The van der Waals surface area contributed by atoms with Crippen molar-refractivity contribution in [3.05, 3.63) is 103 Å². The van der Waals surface area contributed by atoms with Gasteiger partial charge in [0.1, 0.15) is 5.00 Å². The van der Waals surface area contributed by atoms with Crippen molar-refractivity contribution in [2.75, 3.05) is 0 Å². The van der Waals surface area contributed by atoms with Crippen LogP contribution in [0.5, 0.6) is 0 Å². The normalized spacial score (nSPS) is 11.8. The minimum atomic E-state index is 0. The van der Waals surface area contributed by atoms with Gasteiger partial charge in [-0.15, -0.1) is 11.3 Å². The zero-order chi connectivity index (χ0) is 23.1. The predicted octanol–water partition coefficient (Wildman–Crippen LogP) is 8.17. The molecule has 0 bridgehead atoms. The maximum Gasteiger partial charge on any atom is 0.102 e. The van der Waals surface area contributed by atoms with Gasteiger partial charge in [-0.25, -0.2) is 0 Å². The molecule has 8 aromatic rings. The molecular formula is C30H18IrN3OS-. The van der Waals surface area contributed by atoms with Gasteiger partial charge in [0.2, 0.25) is 0 Å². The molecule has 8 rings (SSSR count). The van der Waals surface area contributed by atoms with Gasteiger partial charge >= 0.3 is 0 Å². The average Bonchev–Trinajstić information content (AvgIpc) is 3.66. The number of hydrogen-bond donors (Lipinski definition) is 0. The minimum Gasteiger partial charge on any atom is -0.557 e. The maximum atomic E-state index is 6.09. The number of thiophene rings is 1. The van der Waals surface area contributed by atoms with Gasteiger partial charge in [-0.3, -0.25) is 4.98 Å². The summed E-state index contributed by atoms with van der Waals surface area (Å²) in [7, 11) is 0. The number of aryl methyl sites for hydroxylation is 1.